The van der Waals surface area contributed by atoms with Gasteiger partial charge in [-0.3, -0.25) is 4.79 Å². The summed E-state index contributed by atoms with van der Waals surface area (Å²) in [5.41, 5.74) is 4.86. The maximum absolute atomic E-state index is 11.8. The Morgan fingerprint density at radius 3 is 2.76 bits per heavy atom. The summed E-state index contributed by atoms with van der Waals surface area (Å²) in [4.78, 5) is 11.8. The van der Waals surface area contributed by atoms with Crippen molar-refractivity contribution in [3.8, 4) is 6.07 Å². The third-order valence-electron chi connectivity index (χ3n) is 3.12. The Kier molecular flexibility index (Phi) is 5.79. The summed E-state index contributed by atoms with van der Waals surface area (Å²) < 4.78 is 0. The molecule has 0 heterocycles. The number of amides is 1. The molecule has 5 heteroatoms. The van der Waals surface area contributed by atoms with Crippen LogP contribution in [-0.2, 0) is 4.79 Å². The minimum Gasteiger partial charge on any atom is -0.337 e. The highest BCUT2D eigenvalue weighted by Crippen LogP contribution is 2.29. The summed E-state index contributed by atoms with van der Waals surface area (Å²) in [6.45, 7) is 2.72. The summed E-state index contributed by atoms with van der Waals surface area (Å²) in [5.74, 6) is 0.396. The Bertz CT molecular complexity index is 295. The fourth-order valence-electron chi connectivity index (χ4n) is 2.08. The number of thioether (sulfide) groups is 1. The Hall–Kier alpha value is -0.730. The summed E-state index contributed by atoms with van der Waals surface area (Å²) in [7, 11) is 0. The van der Waals surface area contributed by atoms with Crippen molar-refractivity contribution in [2.75, 3.05) is 12.3 Å². The van der Waals surface area contributed by atoms with Crippen molar-refractivity contribution in [2.24, 2.45) is 5.73 Å². The molecule has 17 heavy (non-hydrogen) atoms. The van der Waals surface area contributed by atoms with Crippen LogP contribution < -0.4 is 11.1 Å². The van der Waals surface area contributed by atoms with Crippen molar-refractivity contribution in [1.82, 2.24) is 5.32 Å². The third-order valence-corrected chi connectivity index (χ3v) is 4.36. The zero-order chi connectivity index (χ0) is 12.7. The van der Waals surface area contributed by atoms with Gasteiger partial charge < -0.3 is 11.1 Å². The van der Waals surface area contributed by atoms with Gasteiger partial charge >= 0.3 is 0 Å². The average Bonchev–Trinajstić information content (AvgIpc) is 2.76. The molecule has 4 nitrogen and oxygen atoms in total. The normalized spacial score (nSPS) is 19.6. The maximum Gasteiger partial charge on any atom is 0.231 e. The number of carbonyl (C=O) groups is 1. The van der Waals surface area contributed by atoms with Crippen LogP contribution in [0.2, 0.25) is 0 Å². The van der Waals surface area contributed by atoms with Crippen LogP contribution in [0.3, 0.4) is 0 Å². The third kappa shape index (κ3) is 4.57. The van der Waals surface area contributed by atoms with Gasteiger partial charge in [0.15, 0.2) is 0 Å². The van der Waals surface area contributed by atoms with Gasteiger partial charge in [0.05, 0.1) is 11.8 Å². The van der Waals surface area contributed by atoms with E-state index >= 15 is 0 Å². The summed E-state index contributed by atoms with van der Waals surface area (Å²) in [5, 5.41) is 12.4. The minimum absolute atomic E-state index is 0.0256. The molecule has 96 valence electrons. The van der Waals surface area contributed by atoms with E-state index in [1.165, 1.54) is 0 Å². The number of carbonyl (C=O) groups excluding carboxylic acids is 1. The molecule has 1 saturated carbocycles. The van der Waals surface area contributed by atoms with E-state index in [2.05, 4.69) is 18.3 Å². The van der Waals surface area contributed by atoms with Crippen LogP contribution in [-0.4, -0.2) is 29.0 Å². The van der Waals surface area contributed by atoms with Crippen molar-refractivity contribution < 1.29 is 4.79 Å². The molecule has 0 spiro atoms. The van der Waals surface area contributed by atoms with Crippen LogP contribution >= 0.6 is 11.8 Å². The van der Waals surface area contributed by atoms with Gasteiger partial charge in [-0.1, -0.05) is 6.92 Å². The molecule has 0 aromatic rings. The van der Waals surface area contributed by atoms with Gasteiger partial charge in [-0.15, -0.1) is 11.8 Å². The first-order chi connectivity index (χ1) is 8.12. The average molecular weight is 255 g/mol. The van der Waals surface area contributed by atoms with Crippen LogP contribution in [0.1, 0.15) is 39.0 Å². The van der Waals surface area contributed by atoms with E-state index in [0.717, 1.165) is 32.1 Å². The van der Waals surface area contributed by atoms with E-state index in [-0.39, 0.29) is 5.91 Å². The number of rotatable bonds is 6. The van der Waals surface area contributed by atoms with Gasteiger partial charge in [0, 0.05) is 5.25 Å². The first kappa shape index (κ1) is 14.3. The van der Waals surface area contributed by atoms with Gasteiger partial charge in [-0.2, -0.15) is 5.26 Å². The molecule has 0 radical (unpaired) electrons. The van der Waals surface area contributed by atoms with Crippen LogP contribution in [0.4, 0.5) is 0 Å². The zero-order valence-electron chi connectivity index (χ0n) is 10.4. The fraction of sp³-hybridized carbons (Fsp3) is 0.833. The molecule has 0 saturated heterocycles. The molecule has 0 aliphatic heterocycles. The van der Waals surface area contributed by atoms with Gasteiger partial charge in [-0.05, 0) is 38.6 Å². The molecule has 1 aliphatic carbocycles. The quantitative estimate of drug-likeness (QED) is 0.752. The topological polar surface area (TPSA) is 78.9 Å². The largest absolute Gasteiger partial charge is 0.337 e. The Labute approximate surface area is 107 Å². The number of nitriles is 1. The monoisotopic (exact) mass is 255 g/mol. The highest BCUT2D eigenvalue weighted by atomic mass is 32.2. The zero-order valence-corrected chi connectivity index (χ0v) is 11.2. The second-order valence-electron chi connectivity index (χ2n) is 4.65. The van der Waals surface area contributed by atoms with Gasteiger partial charge in [-0.25, -0.2) is 0 Å². The van der Waals surface area contributed by atoms with Crippen molar-refractivity contribution >= 4 is 17.7 Å². The number of nitrogens with one attached hydrogen (secondary N) is 1. The molecule has 3 N–H and O–H groups in total. The highest BCUT2D eigenvalue weighted by molar-refractivity contribution is 8.00. The molecule has 0 aromatic heterocycles. The Balaban J connectivity index is 2.31. The van der Waals surface area contributed by atoms with E-state index in [4.69, 9.17) is 11.0 Å². The van der Waals surface area contributed by atoms with E-state index in [0.29, 0.717) is 17.5 Å². The molecule has 1 aliphatic rings. The second-order valence-corrected chi connectivity index (χ2v) is 6.07. The van der Waals surface area contributed by atoms with Crippen LogP contribution in [0, 0.1) is 11.3 Å². The highest BCUT2D eigenvalue weighted by Gasteiger charge is 2.35. The van der Waals surface area contributed by atoms with Gasteiger partial charge in [0.2, 0.25) is 5.91 Å². The Morgan fingerprint density at radius 2 is 2.24 bits per heavy atom. The van der Waals surface area contributed by atoms with E-state index in [9.17, 15) is 4.79 Å². The molecular weight excluding hydrogens is 234 g/mol. The lowest BCUT2D eigenvalue weighted by Gasteiger charge is -2.22. The van der Waals surface area contributed by atoms with E-state index < -0.39 is 5.54 Å². The molecule has 0 bridgehead atoms. The summed E-state index contributed by atoms with van der Waals surface area (Å²) >= 11 is 1.60. The second kappa shape index (κ2) is 6.87. The summed E-state index contributed by atoms with van der Waals surface area (Å²) in [6, 6.07) is 2.26. The molecule has 1 unspecified atom stereocenters. The predicted molar refractivity (Wildman–Crippen MR) is 70.5 cm³/mol. The molecule has 1 fully saturated rings. The molecule has 1 rings (SSSR count). The SMILES string of the molecule is CC(CCN)SCC(=O)NC1(C#N)CCCC1. The fourth-order valence-corrected chi connectivity index (χ4v) is 2.89. The van der Waals surface area contributed by atoms with Gasteiger partial charge in [0.1, 0.15) is 5.54 Å². The molecular formula is C12H21N3OS. The first-order valence-corrected chi connectivity index (χ1v) is 7.21. The molecule has 1 atom stereocenters. The first-order valence-electron chi connectivity index (χ1n) is 6.16. The number of hydrogen-bond donors (Lipinski definition) is 2. The molecule has 1 amide bonds. The number of nitrogens with zero attached hydrogens (tertiary/aromatic N) is 1. The lowest BCUT2D eigenvalue weighted by Crippen LogP contribution is -2.46. The molecule has 0 aromatic carbocycles. The van der Waals surface area contributed by atoms with Crippen molar-refractivity contribution in [3.05, 3.63) is 0 Å². The van der Waals surface area contributed by atoms with Gasteiger partial charge in [0.25, 0.3) is 0 Å². The summed E-state index contributed by atoms with van der Waals surface area (Å²) in [6.07, 6.45) is 4.56. The maximum atomic E-state index is 11.8. The van der Waals surface area contributed by atoms with Crippen molar-refractivity contribution in [3.63, 3.8) is 0 Å². The van der Waals surface area contributed by atoms with Crippen LogP contribution in [0.15, 0.2) is 0 Å². The number of hydrogen-bond acceptors (Lipinski definition) is 4. The Morgan fingerprint density at radius 1 is 1.59 bits per heavy atom. The van der Waals surface area contributed by atoms with Crippen LogP contribution in [0.25, 0.3) is 0 Å². The van der Waals surface area contributed by atoms with E-state index in [1.54, 1.807) is 11.8 Å². The standard InChI is InChI=1S/C12H21N3OS/c1-10(4-7-13)17-8-11(16)15-12(9-14)5-2-3-6-12/h10H,2-8,13H2,1H3,(H,15,16). The van der Waals surface area contributed by atoms with Crippen molar-refractivity contribution in [2.45, 2.75) is 49.8 Å². The lowest BCUT2D eigenvalue weighted by atomic mass is 10.0. The predicted octanol–water partition coefficient (Wildman–Crippen LogP) is 1.41. The number of nitrogens with two attached hydrogens (primary N) is 1. The smallest absolute Gasteiger partial charge is 0.231 e. The van der Waals surface area contributed by atoms with E-state index in [1.807, 2.05) is 0 Å². The lowest BCUT2D eigenvalue weighted by molar-refractivity contribution is -0.119. The van der Waals surface area contributed by atoms with Crippen LogP contribution in [0.5, 0.6) is 0 Å². The van der Waals surface area contributed by atoms with Crippen molar-refractivity contribution in [1.29, 1.82) is 5.26 Å². The minimum atomic E-state index is -0.589.